The molecule has 9 nitrogen and oxygen atoms in total. The summed E-state index contributed by atoms with van der Waals surface area (Å²) in [6, 6.07) is 5.51. The van der Waals surface area contributed by atoms with E-state index in [1.54, 1.807) is 4.90 Å². The number of fused-ring (bicyclic) bond motifs is 1. The van der Waals surface area contributed by atoms with Crippen LogP contribution in [-0.2, 0) is 13.0 Å². The first kappa shape index (κ1) is 17.6. The van der Waals surface area contributed by atoms with E-state index in [2.05, 4.69) is 15.3 Å². The van der Waals surface area contributed by atoms with E-state index in [1.807, 2.05) is 25.9 Å². The Morgan fingerprint density at radius 2 is 1.96 bits per heavy atom. The van der Waals surface area contributed by atoms with Gasteiger partial charge in [0.15, 0.2) is 0 Å². The van der Waals surface area contributed by atoms with Crippen LogP contribution in [0, 0.1) is 17.0 Å². The maximum Gasteiger partial charge on any atom is 0.322 e. The number of aryl methyl sites for hydroxylation is 1. The highest BCUT2D eigenvalue weighted by Crippen LogP contribution is 2.26. The van der Waals surface area contributed by atoms with Gasteiger partial charge in [-0.05, 0) is 19.1 Å². The second kappa shape index (κ2) is 6.95. The molecule has 0 bridgehead atoms. The second-order valence-electron chi connectivity index (χ2n) is 6.32. The third kappa shape index (κ3) is 3.56. The van der Waals surface area contributed by atoms with Crippen LogP contribution in [-0.4, -0.2) is 46.5 Å². The maximum absolute atomic E-state index is 12.6. The van der Waals surface area contributed by atoms with E-state index in [4.69, 9.17) is 0 Å². The number of benzene rings is 1. The highest BCUT2D eigenvalue weighted by Gasteiger charge is 2.26. The molecule has 0 unspecified atom stereocenters. The number of rotatable bonds is 3. The zero-order valence-corrected chi connectivity index (χ0v) is 14.9. The molecular weight excluding hydrogens is 336 g/mol. The molecule has 3 rings (SSSR count). The van der Waals surface area contributed by atoms with Crippen molar-refractivity contribution in [3.05, 3.63) is 51.5 Å². The van der Waals surface area contributed by atoms with E-state index in [9.17, 15) is 14.9 Å². The fraction of sp³-hybridized carbons (Fsp3) is 0.353. The minimum Gasteiger partial charge on any atom is -0.362 e. The molecule has 0 radical (unpaired) electrons. The third-order valence-corrected chi connectivity index (χ3v) is 4.19. The zero-order valence-electron chi connectivity index (χ0n) is 14.9. The standard InChI is InChI=1S/C17H20N6O3/c1-11-18-15-8-9-22(10-14(15)16(19-11)21(2)3)17(24)20-12-4-6-13(7-5-12)23(25)26/h4-7H,8-10H2,1-3H3,(H,20,24). The molecule has 1 aliphatic heterocycles. The van der Waals surface area contributed by atoms with Crippen molar-refractivity contribution in [1.82, 2.24) is 14.9 Å². The van der Waals surface area contributed by atoms with Crippen LogP contribution in [0.1, 0.15) is 17.1 Å². The van der Waals surface area contributed by atoms with Crippen LogP contribution < -0.4 is 10.2 Å². The van der Waals surface area contributed by atoms with E-state index in [0.717, 1.165) is 22.9 Å². The molecule has 9 heteroatoms. The lowest BCUT2D eigenvalue weighted by atomic mass is 10.1. The molecular formula is C17H20N6O3. The fourth-order valence-electron chi connectivity index (χ4n) is 2.93. The Kier molecular flexibility index (Phi) is 4.70. The Morgan fingerprint density at radius 3 is 2.58 bits per heavy atom. The Bertz CT molecular complexity index is 850. The number of nitro groups is 1. The van der Waals surface area contributed by atoms with Crippen molar-refractivity contribution in [2.24, 2.45) is 0 Å². The number of carbonyl (C=O) groups excluding carboxylic acids is 1. The van der Waals surface area contributed by atoms with Crippen molar-refractivity contribution in [2.75, 3.05) is 30.9 Å². The molecule has 136 valence electrons. The van der Waals surface area contributed by atoms with Gasteiger partial charge in [-0.25, -0.2) is 14.8 Å². The Balaban J connectivity index is 1.75. The number of urea groups is 1. The number of anilines is 2. The third-order valence-electron chi connectivity index (χ3n) is 4.19. The van der Waals surface area contributed by atoms with Crippen LogP contribution in [0.5, 0.6) is 0 Å². The summed E-state index contributed by atoms with van der Waals surface area (Å²) in [7, 11) is 3.83. The summed E-state index contributed by atoms with van der Waals surface area (Å²) in [4.78, 5) is 35.4. The number of nitro benzene ring substituents is 1. The molecule has 1 N–H and O–H groups in total. The summed E-state index contributed by atoms with van der Waals surface area (Å²) >= 11 is 0. The lowest BCUT2D eigenvalue weighted by Crippen LogP contribution is -2.40. The maximum atomic E-state index is 12.6. The van der Waals surface area contributed by atoms with E-state index in [1.165, 1.54) is 24.3 Å². The minimum atomic E-state index is -0.474. The van der Waals surface area contributed by atoms with E-state index in [0.29, 0.717) is 25.2 Å². The van der Waals surface area contributed by atoms with Gasteiger partial charge in [-0.3, -0.25) is 10.1 Å². The first-order valence-corrected chi connectivity index (χ1v) is 8.19. The fourth-order valence-corrected chi connectivity index (χ4v) is 2.93. The van der Waals surface area contributed by atoms with Gasteiger partial charge in [0.05, 0.1) is 17.2 Å². The molecule has 1 aliphatic rings. The lowest BCUT2D eigenvalue weighted by molar-refractivity contribution is -0.384. The first-order chi connectivity index (χ1) is 12.3. The Labute approximate surface area is 150 Å². The molecule has 0 saturated carbocycles. The van der Waals surface area contributed by atoms with Gasteiger partial charge in [0.2, 0.25) is 0 Å². The summed E-state index contributed by atoms with van der Waals surface area (Å²) in [6.07, 6.45) is 0.660. The number of amides is 2. The summed E-state index contributed by atoms with van der Waals surface area (Å²) < 4.78 is 0. The van der Waals surface area contributed by atoms with Gasteiger partial charge >= 0.3 is 6.03 Å². The average Bonchev–Trinajstić information content (AvgIpc) is 2.60. The van der Waals surface area contributed by atoms with Crippen molar-refractivity contribution < 1.29 is 9.72 Å². The van der Waals surface area contributed by atoms with E-state index >= 15 is 0 Å². The van der Waals surface area contributed by atoms with Gasteiger partial charge in [0.1, 0.15) is 11.6 Å². The van der Waals surface area contributed by atoms with Crippen molar-refractivity contribution in [3.8, 4) is 0 Å². The molecule has 0 fully saturated rings. The Morgan fingerprint density at radius 1 is 1.27 bits per heavy atom. The highest BCUT2D eigenvalue weighted by atomic mass is 16.6. The molecule has 0 atom stereocenters. The number of nitrogens with zero attached hydrogens (tertiary/aromatic N) is 5. The van der Waals surface area contributed by atoms with Crippen LogP contribution in [0.3, 0.4) is 0 Å². The number of non-ortho nitro benzene ring substituents is 1. The molecule has 0 saturated heterocycles. The topological polar surface area (TPSA) is 104 Å². The molecule has 26 heavy (non-hydrogen) atoms. The molecule has 2 heterocycles. The largest absolute Gasteiger partial charge is 0.362 e. The average molecular weight is 356 g/mol. The number of carbonyl (C=O) groups is 1. The molecule has 1 aromatic heterocycles. The van der Waals surface area contributed by atoms with Gasteiger partial charge in [-0.15, -0.1) is 0 Å². The normalized spacial score (nSPS) is 13.1. The van der Waals surface area contributed by atoms with Crippen molar-refractivity contribution in [1.29, 1.82) is 0 Å². The molecule has 2 amide bonds. The minimum absolute atomic E-state index is 0.0157. The van der Waals surface area contributed by atoms with Gasteiger partial charge in [-0.2, -0.15) is 0 Å². The summed E-state index contributed by atoms with van der Waals surface area (Å²) in [5.74, 6) is 1.54. The van der Waals surface area contributed by atoms with Crippen LogP contribution in [0.2, 0.25) is 0 Å². The smallest absolute Gasteiger partial charge is 0.322 e. The van der Waals surface area contributed by atoms with Crippen LogP contribution in [0.4, 0.5) is 22.0 Å². The number of hydrogen-bond donors (Lipinski definition) is 1. The quantitative estimate of drug-likeness (QED) is 0.669. The summed E-state index contributed by atoms with van der Waals surface area (Å²) in [5.41, 5.74) is 2.42. The molecule has 2 aromatic rings. The second-order valence-corrected chi connectivity index (χ2v) is 6.32. The van der Waals surface area contributed by atoms with Crippen LogP contribution in [0.25, 0.3) is 0 Å². The SMILES string of the molecule is Cc1nc2c(c(N(C)C)n1)CN(C(=O)Nc1ccc([N+](=O)[O-])cc1)CC2. The zero-order chi connectivity index (χ0) is 18.8. The van der Waals surface area contributed by atoms with Crippen molar-refractivity contribution >= 4 is 23.2 Å². The monoisotopic (exact) mass is 356 g/mol. The van der Waals surface area contributed by atoms with Gasteiger partial charge in [0.25, 0.3) is 5.69 Å². The van der Waals surface area contributed by atoms with E-state index < -0.39 is 4.92 Å². The summed E-state index contributed by atoms with van der Waals surface area (Å²) in [5, 5.41) is 13.5. The van der Waals surface area contributed by atoms with Crippen molar-refractivity contribution in [3.63, 3.8) is 0 Å². The predicted molar refractivity (Wildman–Crippen MR) is 97.3 cm³/mol. The molecule has 1 aromatic carbocycles. The molecule has 0 spiro atoms. The van der Waals surface area contributed by atoms with Crippen molar-refractivity contribution in [2.45, 2.75) is 19.9 Å². The van der Waals surface area contributed by atoms with E-state index in [-0.39, 0.29) is 11.7 Å². The first-order valence-electron chi connectivity index (χ1n) is 8.19. The van der Waals surface area contributed by atoms with Gasteiger partial charge in [-0.1, -0.05) is 0 Å². The number of nitrogens with one attached hydrogen (secondary N) is 1. The summed E-state index contributed by atoms with van der Waals surface area (Å²) in [6.45, 7) is 2.83. The van der Waals surface area contributed by atoms with Gasteiger partial charge in [0, 0.05) is 50.4 Å². The van der Waals surface area contributed by atoms with Gasteiger partial charge < -0.3 is 15.1 Å². The Hall–Kier alpha value is -3.23. The van der Waals surface area contributed by atoms with Crippen LogP contribution in [0.15, 0.2) is 24.3 Å². The number of hydrogen-bond acceptors (Lipinski definition) is 6. The highest BCUT2D eigenvalue weighted by molar-refractivity contribution is 5.89. The predicted octanol–water partition coefficient (Wildman–Crippen LogP) is 2.35. The molecule has 0 aliphatic carbocycles. The van der Waals surface area contributed by atoms with Crippen LogP contribution >= 0.6 is 0 Å². The lowest BCUT2D eigenvalue weighted by Gasteiger charge is -2.30. The number of aromatic nitrogens is 2.